The summed E-state index contributed by atoms with van der Waals surface area (Å²) in [6, 6.07) is 2.53. The molecule has 9 heteroatoms. The summed E-state index contributed by atoms with van der Waals surface area (Å²) in [6.45, 7) is 3.90. The molecule has 0 unspecified atom stereocenters. The second-order valence-corrected chi connectivity index (χ2v) is 6.04. The van der Waals surface area contributed by atoms with Crippen molar-refractivity contribution < 1.29 is 13.3 Å². The van der Waals surface area contributed by atoms with Gasteiger partial charge in [-0.25, -0.2) is 13.4 Å². The average Bonchev–Trinajstić information content (AvgIpc) is 2.26. The monoisotopic (exact) mass is 302 g/mol. The smallest absolute Gasteiger partial charge is 0.293 e. The Bertz CT molecular complexity index is 613. The van der Waals surface area contributed by atoms with Gasteiger partial charge in [0.05, 0.1) is 9.82 Å². The van der Waals surface area contributed by atoms with E-state index in [0.717, 1.165) is 6.07 Å². The van der Waals surface area contributed by atoms with Crippen molar-refractivity contribution in [3.63, 3.8) is 0 Å². The molecule has 0 aromatic heterocycles. The van der Waals surface area contributed by atoms with Gasteiger partial charge in [0.25, 0.3) is 15.7 Å². The fraction of sp³-hybridized carbons (Fsp3) is 0.455. The van der Waals surface area contributed by atoms with Crippen LogP contribution in [0.2, 0.25) is 0 Å². The molecule has 0 fully saturated rings. The Balaban J connectivity index is 3.43. The highest BCUT2D eigenvalue weighted by molar-refractivity contribution is 7.89. The number of hydrogen-bond donors (Lipinski definition) is 2. The van der Waals surface area contributed by atoms with Crippen molar-refractivity contribution in [1.82, 2.24) is 9.84 Å². The second kappa shape index (κ2) is 6.16. The van der Waals surface area contributed by atoms with E-state index in [4.69, 9.17) is 0 Å². The first-order valence-electron chi connectivity index (χ1n) is 5.91. The highest BCUT2D eigenvalue weighted by Gasteiger charge is 2.24. The van der Waals surface area contributed by atoms with Gasteiger partial charge in [0.1, 0.15) is 5.69 Å². The van der Waals surface area contributed by atoms with E-state index in [2.05, 4.69) is 10.1 Å². The molecule has 0 aliphatic heterocycles. The summed E-state index contributed by atoms with van der Waals surface area (Å²) in [5.41, 5.74) is 0.469. The maximum absolute atomic E-state index is 12.1. The lowest BCUT2D eigenvalue weighted by atomic mass is 10.2. The van der Waals surface area contributed by atoms with Crippen LogP contribution in [0.1, 0.15) is 12.5 Å². The Hall–Kier alpha value is -1.71. The lowest BCUT2D eigenvalue weighted by molar-refractivity contribution is -0.384. The first-order chi connectivity index (χ1) is 9.19. The minimum Gasteiger partial charge on any atom is -0.380 e. The lowest BCUT2D eigenvalue weighted by Crippen LogP contribution is -2.36. The first-order valence-corrected chi connectivity index (χ1v) is 7.40. The molecule has 1 aromatic carbocycles. The minimum absolute atomic E-state index is 0.112. The van der Waals surface area contributed by atoms with Crippen molar-refractivity contribution in [3.8, 4) is 0 Å². The van der Waals surface area contributed by atoms with Gasteiger partial charge >= 0.3 is 0 Å². The van der Waals surface area contributed by atoms with Gasteiger partial charge in [-0.15, -0.1) is 4.83 Å². The molecule has 1 aromatic rings. The van der Waals surface area contributed by atoms with Crippen molar-refractivity contribution in [1.29, 1.82) is 0 Å². The van der Waals surface area contributed by atoms with Gasteiger partial charge in [0.15, 0.2) is 0 Å². The molecule has 0 heterocycles. The number of hydrogen-bond acceptors (Lipinski definition) is 6. The van der Waals surface area contributed by atoms with E-state index in [-0.39, 0.29) is 10.6 Å². The van der Waals surface area contributed by atoms with Crippen molar-refractivity contribution in [2.75, 3.05) is 26.0 Å². The molecular formula is C11H18N4O4S. The number of anilines is 1. The summed E-state index contributed by atoms with van der Waals surface area (Å²) in [6.07, 6.45) is 0. The number of rotatable bonds is 6. The summed E-state index contributed by atoms with van der Waals surface area (Å²) in [4.78, 5) is 12.6. The van der Waals surface area contributed by atoms with Gasteiger partial charge in [-0.2, -0.15) is 0 Å². The second-order valence-electron chi connectivity index (χ2n) is 4.41. The Morgan fingerprint density at radius 1 is 1.35 bits per heavy atom. The maximum atomic E-state index is 12.1. The summed E-state index contributed by atoms with van der Waals surface area (Å²) in [7, 11) is -0.790. The normalized spacial score (nSPS) is 11.7. The largest absolute Gasteiger partial charge is 0.380 e. The number of nitrogens with one attached hydrogen (secondary N) is 2. The quantitative estimate of drug-likeness (QED) is 0.602. The van der Waals surface area contributed by atoms with Crippen molar-refractivity contribution in [2.45, 2.75) is 18.7 Å². The molecule has 1 rings (SSSR count). The molecule has 0 aliphatic rings. The molecule has 0 atom stereocenters. The summed E-state index contributed by atoms with van der Waals surface area (Å²) in [5.74, 6) is 0. The highest BCUT2D eigenvalue weighted by atomic mass is 32.2. The van der Waals surface area contributed by atoms with Gasteiger partial charge in [-0.1, -0.05) is 0 Å². The van der Waals surface area contributed by atoms with Gasteiger partial charge in [0, 0.05) is 26.7 Å². The van der Waals surface area contributed by atoms with E-state index in [1.165, 1.54) is 25.2 Å². The van der Waals surface area contributed by atoms with Crippen LogP contribution in [0.5, 0.6) is 0 Å². The van der Waals surface area contributed by atoms with Crippen LogP contribution in [0, 0.1) is 17.0 Å². The number of aryl methyl sites for hydroxylation is 1. The molecule has 112 valence electrons. The molecule has 0 amide bonds. The fourth-order valence-corrected chi connectivity index (χ4v) is 3.07. The van der Waals surface area contributed by atoms with E-state index in [0.29, 0.717) is 17.8 Å². The van der Waals surface area contributed by atoms with Crippen LogP contribution in [0.3, 0.4) is 0 Å². The molecule has 0 bridgehead atoms. The van der Waals surface area contributed by atoms with Gasteiger partial charge in [-0.05, 0) is 25.5 Å². The highest BCUT2D eigenvalue weighted by Crippen LogP contribution is 2.30. The van der Waals surface area contributed by atoms with Crippen LogP contribution >= 0.6 is 0 Å². The zero-order valence-corrected chi connectivity index (χ0v) is 12.6. The Labute approximate surface area is 117 Å². The number of sulfonamides is 1. The first kappa shape index (κ1) is 16.3. The molecule has 8 nitrogen and oxygen atoms in total. The number of nitro benzene ring substituents is 1. The Morgan fingerprint density at radius 3 is 2.40 bits per heavy atom. The van der Waals surface area contributed by atoms with Crippen LogP contribution in [-0.2, 0) is 10.0 Å². The third-order valence-electron chi connectivity index (χ3n) is 2.45. The maximum Gasteiger partial charge on any atom is 0.293 e. The number of nitro groups is 1. The molecule has 0 spiro atoms. The predicted octanol–water partition coefficient (Wildman–Crippen LogP) is 1.09. The Kier molecular flexibility index (Phi) is 5.03. The van der Waals surface area contributed by atoms with Crippen LogP contribution < -0.4 is 10.1 Å². The van der Waals surface area contributed by atoms with E-state index in [1.54, 1.807) is 13.8 Å². The molecule has 20 heavy (non-hydrogen) atoms. The summed E-state index contributed by atoms with van der Waals surface area (Å²) in [5, 5.41) is 15.2. The number of benzene rings is 1. The SMILES string of the molecule is CCNc1cc(C)c(S(=O)(=O)NN(C)C)cc1[N+](=O)[O-]. The predicted molar refractivity (Wildman–Crippen MR) is 76.0 cm³/mol. The third kappa shape index (κ3) is 3.65. The van der Waals surface area contributed by atoms with Crippen LogP contribution in [0.15, 0.2) is 17.0 Å². The molecule has 0 radical (unpaired) electrons. The molecule has 0 saturated carbocycles. The van der Waals surface area contributed by atoms with Crippen LogP contribution in [0.25, 0.3) is 0 Å². The average molecular weight is 302 g/mol. The number of hydrazine groups is 1. The van der Waals surface area contributed by atoms with Crippen LogP contribution in [-0.4, -0.2) is 39.0 Å². The topological polar surface area (TPSA) is 105 Å². The molecule has 2 N–H and O–H groups in total. The van der Waals surface area contributed by atoms with Gasteiger partial charge < -0.3 is 5.32 Å². The molecule has 0 saturated heterocycles. The summed E-state index contributed by atoms with van der Waals surface area (Å²) >= 11 is 0. The fourth-order valence-electron chi connectivity index (χ4n) is 1.74. The lowest BCUT2D eigenvalue weighted by Gasteiger charge is -2.15. The minimum atomic E-state index is -3.83. The van der Waals surface area contributed by atoms with Crippen molar-refractivity contribution >= 4 is 21.4 Å². The third-order valence-corrected chi connectivity index (χ3v) is 4.07. The van der Waals surface area contributed by atoms with E-state index in [9.17, 15) is 18.5 Å². The summed E-state index contributed by atoms with van der Waals surface area (Å²) < 4.78 is 24.2. The Morgan fingerprint density at radius 2 is 1.95 bits per heavy atom. The van der Waals surface area contributed by atoms with E-state index in [1.807, 2.05) is 0 Å². The van der Waals surface area contributed by atoms with Crippen molar-refractivity contribution in [3.05, 3.63) is 27.8 Å². The van der Waals surface area contributed by atoms with Gasteiger partial charge in [0.2, 0.25) is 0 Å². The van der Waals surface area contributed by atoms with Crippen LogP contribution in [0.4, 0.5) is 11.4 Å². The number of nitrogens with zero attached hydrogens (tertiary/aromatic N) is 2. The molecular weight excluding hydrogens is 284 g/mol. The zero-order valence-electron chi connectivity index (χ0n) is 11.8. The zero-order chi connectivity index (χ0) is 15.5. The molecule has 0 aliphatic carbocycles. The van der Waals surface area contributed by atoms with Gasteiger partial charge in [-0.3, -0.25) is 10.1 Å². The van der Waals surface area contributed by atoms with E-state index >= 15 is 0 Å². The van der Waals surface area contributed by atoms with E-state index < -0.39 is 14.9 Å². The van der Waals surface area contributed by atoms with Crippen molar-refractivity contribution in [2.24, 2.45) is 0 Å². The standard InChI is InChI=1S/C11H18N4O4S/c1-5-12-9-6-8(2)11(7-10(9)15(16)17)20(18,19)13-14(3)4/h6-7,12-13H,5H2,1-4H3.